The highest BCUT2D eigenvalue weighted by Gasteiger charge is 2.24. The van der Waals surface area contributed by atoms with Crippen LogP contribution >= 0.6 is 15.9 Å². The molecule has 21 heavy (non-hydrogen) atoms. The van der Waals surface area contributed by atoms with Gasteiger partial charge in [0.2, 0.25) is 0 Å². The highest BCUT2D eigenvalue weighted by atomic mass is 79.9. The Hall–Kier alpha value is -2.07. The first-order valence-electron chi connectivity index (χ1n) is 7.00. The van der Waals surface area contributed by atoms with E-state index in [1.54, 1.807) is 0 Å². The largest absolute Gasteiger partial charge is 0.369 e. The molecule has 1 aromatic heterocycles. The minimum Gasteiger partial charge on any atom is -0.369 e. The second-order valence-electron chi connectivity index (χ2n) is 5.08. The van der Waals surface area contributed by atoms with Crippen molar-refractivity contribution in [2.24, 2.45) is 0 Å². The van der Waals surface area contributed by atoms with Crippen LogP contribution in [0.25, 0.3) is 16.9 Å². The first-order chi connectivity index (χ1) is 10.3. The van der Waals surface area contributed by atoms with Crippen LogP contribution in [0.15, 0.2) is 59.1 Å². The van der Waals surface area contributed by atoms with E-state index in [0.29, 0.717) is 0 Å². The van der Waals surface area contributed by atoms with Gasteiger partial charge < -0.3 is 5.32 Å². The van der Waals surface area contributed by atoms with Crippen molar-refractivity contribution in [1.82, 2.24) is 9.78 Å². The van der Waals surface area contributed by atoms with Crippen molar-refractivity contribution in [3.8, 4) is 16.9 Å². The molecule has 3 nitrogen and oxygen atoms in total. The lowest BCUT2D eigenvalue weighted by atomic mass is 10.1. The molecule has 0 atom stereocenters. The van der Waals surface area contributed by atoms with Crippen LogP contribution in [-0.4, -0.2) is 16.3 Å². The molecule has 0 aliphatic carbocycles. The van der Waals surface area contributed by atoms with Gasteiger partial charge in [0.1, 0.15) is 5.82 Å². The summed E-state index contributed by atoms with van der Waals surface area (Å²) >= 11 is 3.62. The van der Waals surface area contributed by atoms with Crippen molar-refractivity contribution in [2.75, 3.05) is 11.9 Å². The number of nitrogens with one attached hydrogen (secondary N) is 1. The van der Waals surface area contributed by atoms with E-state index >= 15 is 0 Å². The minimum absolute atomic E-state index is 0.970. The van der Waals surface area contributed by atoms with Crippen molar-refractivity contribution in [3.63, 3.8) is 0 Å². The van der Waals surface area contributed by atoms with Crippen LogP contribution < -0.4 is 5.32 Å². The zero-order chi connectivity index (χ0) is 14.2. The van der Waals surface area contributed by atoms with Crippen molar-refractivity contribution >= 4 is 21.7 Å². The van der Waals surface area contributed by atoms with Crippen molar-refractivity contribution in [3.05, 3.63) is 64.6 Å². The van der Waals surface area contributed by atoms with Gasteiger partial charge in [-0.15, -0.1) is 0 Å². The van der Waals surface area contributed by atoms with Gasteiger partial charge in [-0.25, -0.2) is 4.68 Å². The summed E-state index contributed by atoms with van der Waals surface area (Å²) in [6.07, 6.45) is 1.02. The SMILES string of the molecule is Brc1ccccc1-n1nc(-c2ccccc2)c2c1NCC2. The average molecular weight is 340 g/mol. The van der Waals surface area contributed by atoms with Crippen LogP contribution in [0.4, 0.5) is 5.82 Å². The zero-order valence-corrected chi connectivity index (χ0v) is 13.0. The molecule has 104 valence electrons. The summed E-state index contributed by atoms with van der Waals surface area (Å²) < 4.78 is 3.05. The summed E-state index contributed by atoms with van der Waals surface area (Å²) in [6.45, 7) is 0.970. The molecule has 2 aromatic carbocycles. The summed E-state index contributed by atoms with van der Waals surface area (Å²) in [5.74, 6) is 1.11. The maximum atomic E-state index is 4.86. The van der Waals surface area contributed by atoms with Crippen molar-refractivity contribution in [1.29, 1.82) is 0 Å². The molecule has 0 bridgehead atoms. The smallest absolute Gasteiger partial charge is 0.133 e. The molecule has 0 unspecified atom stereocenters. The van der Waals surface area contributed by atoms with Gasteiger partial charge in [0.05, 0.1) is 11.4 Å². The Morgan fingerprint density at radius 1 is 1.00 bits per heavy atom. The lowest BCUT2D eigenvalue weighted by Gasteiger charge is -2.08. The number of hydrogen-bond acceptors (Lipinski definition) is 2. The van der Waals surface area contributed by atoms with Crippen LogP contribution in [0.5, 0.6) is 0 Å². The number of aromatic nitrogens is 2. The fourth-order valence-corrected chi connectivity index (χ4v) is 3.25. The summed E-state index contributed by atoms with van der Waals surface area (Å²) in [7, 11) is 0. The predicted molar refractivity (Wildman–Crippen MR) is 88.9 cm³/mol. The fourth-order valence-electron chi connectivity index (χ4n) is 2.80. The zero-order valence-electron chi connectivity index (χ0n) is 11.4. The Morgan fingerprint density at radius 3 is 2.57 bits per heavy atom. The molecule has 4 heteroatoms. The molecule has 0 spiro atoms. The van der Waals surface area contributed by atoms with E-state index in [9.17, 15) is 0 Å². The normalized spacial score (nSPS) is 13.0. The van der Waals surface area contributed by atoms with Gasteiger partial charge in [0.15, 0.2) is 0 Å². The molecule has 0 saturated carbocycles. The first-order valence-corrected chi connectivity index (χ1v) is 7.80. The molecule has 0 saturated heterocycles. The van der Waals surface area contributed by atoms with Crippen LogP contribution in [0, 0.1) is 0 Å². The van der Waals surface area contributed by atoms with E-state index in [0.717, 1.165) is 34.6 Å². The monoisotopic (exact) mass is 339 g/mol. The number of halogens is 1. The van der Waals surface area contributed by atoms with Gasteiger partial charge in [-0.3, -0.25) is 0 Å². The number of para-hydroxylation sites is 1. The molecule has 4 rings (SSSR count). The third kappa shape index (κ3) is 2.07. The Bertz CT molecular complexity index is 793. The van der Waals surface area contributed by atoms with Gasteiger partial charge in [-0.2, -0.15) is 5.10 Å². The second kappa shape index (κ2) is 5.04. The first kappa shape index (κ1) is 12.7. The Morgan fingerprint density at radius 2 is 1.76 bits per heavy atom. The molecule has 3 aromatic rings. The lowest BCUT2D eigenvalue weighted by Crippen LogP contribution is -2.04. The number of rotatable bonds is 2. The van der Waals surface area contributed by atoms with E-state index < -0.39 is 0 Å². The van der Waals surface area contributed by atoms with Crippen molar-refractivity contribution < 1.29 is 0 Å². The third-order valence-corrected chi connectivity index (χ3v) is 4.45. The number of benzene rings is 2. The van der Waals surface area contributed by atoms with Crippen LogP contribution in [-0.2, 0) is 6.42 Å². The van der Waals surface area contributed by atoms with Gasteiger partial charge in [-0.05, 0) is 34.5 Å². The molecule has 0 radical (unpaired) electrons. The van der Waals surface area contributed by atoms with E-state index in [1.807, 2.05) is 28.9 Å². The number of fused-ring (bicyclic) bond motifs is 1. The topological polar surface area (TPSA) is 29.9 Å². The average Bonchev–Trinajstić information content (AvgIpc) is 3.11. The molecular formula is C17H14BrN3. The predicted octanol–water partition coefficient (Wildman–Crippen LogP) is 4.27. The quantitative estimate of drug-likeness (QED) is 0.755. The Labute approximate surface area is 131 Å². The van der Waals surface area contributed by atoms with E-state index in [1.165, 1.54) is 11.1 Å². The molecule has 2 heterocycles. The van der Waals surface area contributed by atoms with Crippen LogP contribution in [0.2, 0.25) is 0 Å². The number of nitrogens with zero attached hydrogens (tertiary/aromatic N) is 2. The second-order valence-corrected chi connectivity index (χ2v) is 5.94. The minimum atomic E-state index is 0.970. The standard InChI is InChI=1S/C17H14BrN3/c18-14-8-4-5-9-15(14)21-17-13(10-11-19-17)16(20-21)12-6-2-1-3-7-12/h1-9,19H,10-11H2. The summed E-state index contributed by atoms with van der Waals surface area (Å²) in [6, 6.07) is 18.5. The summed E-state index contributed by atoms with van der Waals surface area (Å²) in [4.78, 5) is 0. The van der Waals surface area contributed by atoms with Crippen LogP contribution in [0.3, 0.4) is 0 Å². The van der Waals surface area contributed by atoms with E-state index in [-0.39, 0.29) is 0 Å². The number of anilines is 1. The summed E-state index contributed by atoms with van der Waals surface area (Å²) in [5, 5.41) is 8.32. The maximum absolute atomic E-state index is 4.86. The number of hydrogen-bond donors (Lipinski definition) is 1. The molecule has 0 amide bonds. The Kier molecular flexibility index (Phi) is 3.04. The van der Waals surface area contributed by atoms with Gasteiger partial charge in [-0.1, -0.05) is 42.5 Å². The van der Waals surface area contributed by atoms with Gasteiger partial charge in [0, 0.05) is 22.1 Å². The molecule has 1 aliphatic heterocycles. The van der Waals surface area contributed by atoms with Gasteiger partial charge >= 0.3 is 0 Å². The summed E-state index contributed by atoms with van der Waals surface area (Å²) in [5.41, 5.74) is 4.61. The Balaban J connectivity index is 1.93. The molecular weight excluding hydrogens is 326 g/mol. The molecule has 1 aliphatic rings. The van der Waals surface area contributed by atoms with Gasteiger partial charge in [0.25, 0.3) is 0 Å². The van der Waals surface area contributed by atoms with Crippen molar-refractivity contribution in [2.45, 2.75) is 6.42 Å². The van der Waals surface area contributed by atoms with Crippen LogP contribution in [0.1, 0.15) is 5.56 Å². The van der Waals surface area contributed by atoms with E-state index in [2.05, 4.69) is 51.6 Å². The maximum Gasteiger partial charge on any atom is 0.133 e. The van der Waals surface area contributed by atoms with E-state index in [4.69, 9.17) is 5.10 Å². The lowest BCUT2D eigenvalue weighted by molar-refractivity contribution is 0.878. The molecule has 0 fully saturated rings. The third-order valence-electron chi connectivity index (χ3n) is 3.78. The highest BCUT2D eigenvalue weighted by Crippen LogP contribution is 2.35. The molecule has 1 N–H and O–H groups in total. The highest BCUT2D eigenvalue weighted by molar-refractivity contribution is 9.10. The fraction of sp³-hybridized carbons (Fsp3) is 0.118.